The Kier molecular flexibility index (Phi) is 6.04. The van der Waals surface area contributed by atoms with Gasteiger partial charge in [0.2, 0.25) is 5.88 Å². The number of ether oxygens (including phenoxy) is 1. The van der Waals surface area contributed by atoms with Gasteiger partial charge in [0.25, 0.3) is 0 Å². The molecule has 0 saturated heterocycles. The Bertz CT molecular complexity index is 1050. The van der Waals surface area contributed by atoms with Crippen molar-refractivity contribution in [1.29, 1.82) is 0 Å². The third kappa shape index (κ3) is 4.48. The number of aromatic nitrogens is 2. The number of halogens is 4. The third-order valence-corrected chi connectivity index (χ3v) is 5.62. The maximum atomic E-state index is 12.3. The smallest absolute Gasteiger partial charge is 0.388 e. The van der Waals surface area contributed by atoms with E-state index in [0.29, 0.717) is 15.7 Å². The van der Waals surface area contributed by atoms with Gasteiger partial charge in [-0.2, -0.15) is 8.78 Å². The van der Waals surface area contributed by atoms with E-state index >= 15 is 0 Å². The molecule has 0 aliphatic carbocycles. The van der Waals surface area contributed by atoms with Crippen molar-refractivity contribution < 1.29 is 13.5 Å². The summed E-state index contributed by atoms with van der Waals surface area (Å²) in [6.45, 7) is -0.522. The molecule has 3 aromatic rings. The molecule has 5 nitrogen and oxygen atoms in total. The second-order valence-electron chi connectivity index (χ2n) is 6.97. The van der Waals surface area contributed by atoms with E-state index in [4.69, 9.17) is 23.2 Å². The van der Waals surface area contributed by atoms with Gasteiger partial charge < -0.3 is 14.5 Å². The SMILES string of the molecule is CN1CCN(c2ccc(Cl)c(Cl)c2)c2ccc(-c3ccc(OC(F)F)nn3)cc2C1. The van der Waals surface area contributed by atoms with Gasteiger partial charge >= 0.3 is 6.61 Å². The number of benzene rings is 2. The topological polar surface area (TPSA) is 41.5 Å². The first-order valence-electron chi connectivity index (χ1n) is 9.23. The first-order chi connectivity index (χ1) is 14.4. The minimum absolute atomic E-state index is 0.214. The summed E-state index contributed by atoms with van der Waals surface area (Å²) in [6.07, 6.45) is 0. The first kappa shape index (κ1) is 20.8. The third-order valence-electron chi connectivity index (χ3n) is 4.88. The largest absolute Gasteiger partial charge is 0.415 e. The van der Waals surface area contributed by atoms with Crippen LogP contribution in [0.1, 0.15) is 5.56 Å². The van der Waals surface area contributed by atoms with Crippen molar-refractivity contribution >= 4 is 34.6 Å². The molecule has 0 N–H and O–H groups in total. The van der Waals surface area contributed by atoms with E-state index in [9.17, 15) is 8.78 Å². The maximum Gasteiger partial charge on any atom is 0.388 e. The summed E-state index contributed by atoms with van der Waals surface area (Å²) < 4.78 is 28.9. The second-order valence-corrected chi connectivity index (χ2v) is 7.78. The summed E-state index contributed by atoms with van der Waals surface area (Å²) in [4.78, 5) is 4.43. The van der Waals surface area contributed by atoms with Crippen LogP contribution in [-0.2, 0) is 6.54 Å². The van der Waals surface area contributed by atoms with Gasteiger partial charge in [0.15, 0.2) is 0 Å². The van der Waals surface area contributed by atoms with Crippen LogP contribution in [0.25, 0.3) is 11.3 Å². The minimum Gasteiger partial charge on any atom is -0.415 e. The zero-order valence-electron chi connectivity index (χ0n) is 16.0. The number of nitrogens with zero attached hydrogens (tertiary/aromatic N) is 4. The van der Waals surface area contributed by atoms with E-state index in [1.54, 1.807) is 12.1 Å². The molecule has 0 saturated carbocycles. The first-order valence-corrected chi connectivity index (χ1v) is 9.99. The van der Waals surface area contributed by atoms with E-state index in [1.807, 2.05) is 30.3 Å². The maximum absolute atomic E-state index is 12.3. The number of fused-ring (bicyclic) bond motifs is 1. The zero-order valence-corrected chi connectivity index (χ0v) is 17.5. The predicted molar refractivity (Wildman–Crippen MR) is 114 cm³/mol. The van der Waals surface area contributed by atoms with Crippen LogP contribution in [-0.4, -0.2) is 41.8 Å². The fourth-order valence-electron chi connectivity index (χ4n) is 3.45. The second kappa shape index (κ2) is 8.71. The van der Waals surface area contributed by atoms with Gasteiger partial charge in [-0.3, -0.25) is 0 Å². The van der Waals surface area contributed by atoms with Crippen molar-refractivity contribution in [1.82, 2.24) is 15.1 Å². The lowest BCUT2D eigenvalue weighted by molar-refractivity contribution is -0.0534. The van der Waals surface area contributed by atoms with Crippen LogP contribution in [0.3, 0.4) is 0 Å². The van der Waals surface area contributed by atoms with Gasteiger partial charge in [-0.05, 0) is 49.0 Å². The van der Waals surface area contributed by atoms with Crippen molar-refractivity contribution in [3.05, 3.63) is 64.1 Å². The molecular weight excluding hydrogens is 433 g/mol. The molecule has 0 amide bonds. The molecule has 30 heavy (non-hydrogen) atoms. The van der Waals surface area contributed by atoms with Gasteiger partial charge in [0.05, 0.1) is 15.7 Å². The highest BCUT2D eigenvalue weighted by Gasteiger charge is 2.21. The molecule has 2 heterocycles. The molecule has 0 unspecified atom stereocenters. The highest BCUT2D eigenvalue weighted by Crippen LogP contribution is 2.36. The summed E-state index contributed by atoms with van der Waals surface area (Å²) in [7, 11) is 2.06. The standard InChI is InChI=1S/C21H18Cl2F2N4O/c1-28-8-9-29(15-3-4-16(22)17(23)11-15)19-6-2-13(10-14(19)12-28)18-5-7-20(27-26-18)30-21(24)25/h2-7,10-11,21H,8-9,12H2,1H3. The van der Waals surface area contributed by atoms with E-state index in [2.05, 4.69) is 31.8 Å². The number of hydrogen-bond donors (Lipinski definition) is 0. The van der Waals surface area contributed by atoms with Crippen molar-refractivity contribution in [3.8, 4) is 17.1 Å². The van der Waals surface area contributed by atoms with Crippen LogP contribution >= 0.6 is 23.2 Å². The van der Waals surface area contributed by atoms with Crippen LogP contribution in [0.2, 0.25) is 10.0 Å². The lowest BCUT2D eigenvalue weighted by Gasteiger charge is -2.25. The number of anilines is 2. The molecule has 1 aliphatic heterocycles. The molecule has 4 rings (SSSR count). The Morgan fingerprint density at radius 3 is 2.50 bits per heavy atom. The fourth-order valence-corrected chi connectivity index (χ4v) is 3.74. The molecule has 1 aromatic heterocycles. The highest BCUT2D eigenvalue weighted by molar-refractivity contribution is 6.42. The molecule has 0 radical (unpaired) electrons. The summed E-state index contributed by atoms with van der Waals surface area (Å²) in [5, 5.41) is 8.77. The van der Waals surface area contributed by atoms with Crippen LogP contribution < -0.4 is 9.64 Å². The molecule has 0 bridgehead atoms. The van der Waals surface area contributed by atoms with Gasteiger partial charge in [-0.25, -0.2) is 0 Å². The fraction of sp³-hybridized carbons (Fsp3) is 0.238. The van der Waals surface area contributed by atoms with Crippen LogP contribution in [0.15, 0.2) is 48.5 Å². The molecule has 2 aromatic carbocycles. The van der Waals surface area contributed by atoms with Crippen LogP contribution in [0.5, 0.6) is 5.88 Å². The lowest BCUT2D eigenvalue weighted by atomic mass is 10.0. The molecule has 0 atom stereocenters. The molecule has 0 fully saturated rings. The lowest BCUT2D eigenvalue weighted by Crippen LogP contribution is -2.26. The van der Waals surface area contributed by atoms with E-state index < -0.39 is 6.61 Å². The highest BCUT2D eigenvalue weighted by atomic mass is 35.5. The van der Waals surface area contributed by atoms with Crippen molar-refractivity contribution in [2.45, 2.75) is 13.2 Å². The normalized spacial score (nSPS) is 14.5. The number of rotatable bonds is 4. The number of likely N-dealkylation sites (N-methyl/N-ethyl adjacent to an activating group) is 1. The van der Waals surface area contributed by atoms with Crippen molar-refractivity contribution in [2.75, 3.05) is 25.0 Å². The quantitative estimate of drug-likeness (QED) is 0.514. The average molecular weight is 451 g/mol. The zero-order chi connectivity index (χ0) is 21.3. The monoisotopic (exact) mass is 450 g/mol. The summed E-state index contributed by atoms with van der Waals surface area (Å²) in [5.41, 5.74) is 4.55. The summed E-state index contributed by atoms with van der Waals surface area (Å²) in [5.74, 6) is -0.214. The minimum atomic E-state index is -2.93. The van der Waals surface area contributed by atoms with Crippen molar-refractivity contribution in [3.63, 3.8) is 0 Å². The van der Waals surface area contributed by atoms with E-state index in [0.717, 1.165) is 42.1 Å². The van der Waals surface area contributed by atoms with Gasteiger partial charge in [-0.1, -0.05) is 29.3 Å². The van der Waals surface area contributed by atoms with Gasteiger partial charge in [-0.15, -0.1) is 10.2 Å². The van der Waals surface area contributed by atoms with Crippen LogP contribution in [0.4, 0.5) is 20.2 Å². The predicted octanol–water partition coefficient (Wildman–Crippen LogP) is 5.64. The van der Waals surface area contributed by atoms with Crippen LogP contribution in [0, 0.1) is 0 Å². The molecular formula is C21H18Cl2F2N4O. The Morgan fingerprint density at radius 2 is 1.80 bits per heavy atom. The Morgan fingerprint density at radius 1 is 0.967 bits per heavy atom. The van der Waals surface area contributed by atoms with E-state index in [-0.39, 0.29) is 5.88 Å². The number of hydrogen-bond acceptors (Lipinski definition) is 5. The molecule has 1 aliphatic rings. The Hall–Kier alpha value is -2.48. The van der Waals surface area contributed by atoms with Crippen molar-refractivity contribution in [2.24, 2.45) is 0 Å². The summed E-state index contributed by atoms with van der Waals surface area (Å²) >= 11 is 12.3. The number of alkyl halides is 2. The molecule has 156 valence electrons. The average Bonchev–Trinajstić information content (AvgIpc) is 2.88. The van der Waals surface area contributed by atoms with Gasteiger partial charge in [0.1, 0.15) is 0 Å². The summed E-state index contributed by atoms with van der Waals surface area (Å²) in [6, 6.07) is 14.6. The van der Waals surface area contributed by atoms with E-state index in [1.165, 1.54) is 6.07 Å². The molecule has 0 spiro atoms. The Balaban J connectivity index is 1.69. The molecule has 9 heteroatoms. The van der Waals surface area contributed by atoms with Gasteiger partial charge in [0, 0.05) is 42.6 Å². The Labute approximate surface area is 182 Å².